The Labute approximate surface area is 105 Å². The van der Waals surface area contributed by atoms with Crippen molar-refractivity contribution in [3.63, 3.8) is 0 Å². The number of fused-ring (bicyclic) bond motifs is 1. The van der Waals surface area contributed by atoms with Gasteiger partial charge in [0.15, 0.2) is 0 Å². The number of carbonyl (C=O) groups excluding carboxylic acids is 1. The first kappa shape index (κ1) is 12.0. The molecule has 3 nitrogen and oxygen atoms in total. The molecule has 90 valence electrons. The molecule has 0 saturated heterocycles. The van der Waals surface area contributed by atoms with E-state index in [-0.39, 0.29) is 5.91 Å². The maximum atomic E-state index is 11.3. The zero-order valence-electron chi connectivity index (χ0n) is 9.41. The zero-order valence-corrected chi connectivity index (χ0v) is 10.2. The fraction of sp³-hybridized carbons (Fsp3) is 0.308. The number of aryl methyl sites for hydroxylation is 1. The number of hydrogen-bond donors (Lipinski definition) is 1. The zero-order chi connectivity index (χ0) is 12.1. The number of anilines is 1. The van der Waals surface area contributed by atoms with Crippen molar-refractivity contribution in [2.45, 2.75) is 12.8 Å². The van der Waals surface area contributed by atoms with Gasteiger partial charge >= 0.3 is 0 Å². The molecule has 1 amide bonds. The minimum atomic E-state index is 0.0664. The summed E-state index contributed by atoms with van der Waals surface area (Å²) in [5.41, 5.74) is 2.02. The molecule has 0 fully saturated rings. The molecule has 1 aliphatic rings. The third kappa shape index (κ3) is 3.24. The second-order valence-electron chi connectivity index (χ2n) is 3.80. The highest BCUT2D eigenvalue weighted by Crippen LogP contribution is 2.26. The van der Waals surface area contributed by atoms with Crippen molar-refractivity contribution in [1.82, 2.24) is 0 Å². The van der Waals surface area contributed by atoms with Crippen molar-refractivity contribution >= 4 is 23.2 Å². The topological polar surface area (TPSA) is 38.3 Å². The van der Waals surface area contributed by atoms with E-state index in [2.05, 4.69) is 5.32 Å². The summed E-state index contributed by atoms with van der Waals surface area (Å²) in [5, 5.41) is 2.84. The molecule has 17 heavy (non-hydrogen) atoms. The highest BCUT2D eigenvalue weighted by molar-refractivity contribution is 6.18. The number of halogens is 1. The molecule has 0 spiro atoms. The van der Waals surface area contributed by atoms with Crippen LogP contribution in [0.1, 0.15) is 12.0 Å². The van der Waals surface area contributed by atoms with E-state index in [1.165, 1.54) is 0 Å². The minimum absolute atomic E-state index is 0.0664. The third-order valence-corrected chi connectivity index (χ3v) is 2.76. The van der Waals surface area contributed by atoms with Crippen molar-refractivity contribution in [2.75, 3.05) is 17.8 Å². The Morgan fingerprint density at radius 2 is 2.24 bits per heavy atom. The first-order chi connectivity index (χ1) is 8.29. The van der Waals surface area contributed by atoms with Crippen LogP contribution in [0.3, 0.4) is 0 Å². The van der Waals surface area contributed by atoms with Gasteiger partial charge in [0.05, 0.1) is 0 Å². The number of nitrogens with one attached hydrogen (secondary N) is 1. The quantitative estimate of drug-likeness (QED) is 0.660. The Kier molecular flexibility index (Phi) is 4.04. The summed E-state index contributed by atoms with van der Waals surface area (Å²) in [5.74, 6) is 1.31. The van der Waals surface area contributed by atoms with Gasteiger partial charge in [-0.05, 0) is 18.1 Å². The summed E-state index contributed by atoms with van der Waals surface area (Å²) >= 11 is 5.50. The van der Waals surface area contributed by atoms with Gasteiger partial charge in [-0.3, -0.25) is 4.79 Å². The first-order valence-electron chi connectivity index (χ1n) is 5.56. The molecule has 2 rings (SSSR count). The molecule has 0 bridgehead atoms. The number of amides is 1. The van der Waals surface area contributed by atoms with Gasteiger partial charge in [-0.15, -0.1) is 11.6 Å². The van der Waals surface area contributed by atoms with E-state index in [9.17, 15) is 4.79 Å². The van der Waals surface area contributed by atoms with E-state index >= 15 is 0 Å². The van der Waals surface area contributed by atoms with E-state index in [1.54, 1.807) is 0 Å². The maximum Gasteiger partial charge on any atom is 0.224 e. The molecular formula is C13H14ClNO2. The van der Waals surface area contributed by atoms with Gasteiger partial charge in [0, 0.05) is 24.1 Å². The van der Waals surface area contributed by atoms with Crippen LogP contribution in [0.4, 0.5) is 5.69 Å². The van der Waals surface area contributed by atoms with E-state index < -0.39 is 0 Å². The number of hydrogen-bond acceptors (Lipinski definition) is 2. The molecule has 0 atom stereocenters. The lowest BCUT2D eigenvalue weighted by atomic mass is 10.0. The fourth-order valence-corrected chi connectivity index (χ4v) is 1.84. The lowest BCUT2D eigenvalue weighted by Gasteiger charge is -2.17. The predicted molar refractivity (Wildman–Crippen MR) is 68.7 cm³/mol. The van der Waals surface area contributed by atoms with Gasteiger partial charge in [-0.25, -0.2) is 0 Å². The number of rotatable bonds is 4. The average Bonchev–Trinajstić information content (AvgIpc) is 2.34. The second-order valence-corrected chi connectivity index (χ2v) is 4.11. The maximum absolute atomic E-state index is 11.3. The summed E-state index contributed by atoms with van der Waals surface area (Å²) in [6, 6.07) is 5.78. The van der Waals surface area contributed by atoms with Gasteiger partial charge < -0.3 is 10.1 Å². The van der Waals surface area contributed by atoms with Crippen LogP contribution in [-0.4, -0.2) is 18.4 Å². The Bertz CT molecular complexity index is 443. The predicted octanol–water partition coefficient (Wildman–Crippen LogP) is 2.75. The normalized spacial score (nSPS) is 14.5. The minimum Gasteiger partial charge on any atom is -0.489 e. The van der Waals surface area contributed by atoms with Crippen molar-refractivity contribution < 1.29 is 9.53 Å². The van der Waals surface area contributed by atoms with Crippen molar-refractivity contribution in [2.24, 2.45) is 0 Å². The number of carbonyl (C=O) groups is 1. The molecular weight excluding hydrogens is 238 g/mol. The van der Waals surface area contributed by atoms with Crippen LogP contribution >= 0.6 is 11.6 Å². The van der Waals surface area contributed by atoms with Gasteiger partial charge in [-0.1, -0.05) is 18.2 Å². The second kappa shape index (κ2) is 5.73. The number of alkyl halides is 1. The Morgan fingerprint density at radius 1 is 1.35 bits per heavy atom. The van der Waals surface area contributed by atoms with E-state index in [1.807, 2.05) is 30.4 Å². The first-order valence-corrected chi connectivity index (χ1v) is 6.09. The molecule has 0 radical (unpaired) electrons. The molecule has 0 aromatic heterocycles. The van der Waals surface area contributed by atoms with E-state index in [0.29, 0.717) is 18.9 Å². The molecule has 1 aromatic rings. The van der Waals surface area contributed by atoms with Crippen molar-refractivity contribution in [3.8, 4) is 5.75 Å². The summed E-state index contributed by atoms with van der Waals surface area (Å²) in [7, 11) is 0. The van der Waals surface area contributed by atoms with Crippen molar-refractivity contribution in [3.05, 3.63) is 35.9 Å². The average molecular weight is 252 g/mol. The highest BCUT2D eigenvalue weighted by atomic mass is 35.5. The smallest absolute Gasteiger partial charge is 0.224 e. The molecule has 4 heteroatoms. The Hall–Kier alpha value is -1.48. The van der Waals surface area contributed by atoms with Crippen LogP contribution in [-0.2, 0) is 11.2 Å². The van der Waals surface area contributed by atoms with Crippen LogP contribution in [0, 0.1) is 0 Å². The number of ether oxygens (including phenoxy) is 1. The van der Waals surface area contributed by atoms with E-state index in [4.69, 9.17) is 16.3 Å². The standard InChI is InChI=1S/C13H14ClNO2/c14-7-1-2-8-17-11-5-3-10-4-6-13(16)15-12(10)9-11/h1-3,5,9H,4,6-8H2,(H,15,16)/b2-1+. The Morgan fingerprint density at radius 3 is 3.06 bits per heavy atom. The summed E-state index contributed by atoms with van der Waals surface area (Å²) in [4.78, 5) is 11.3. The molecule has 1 aliphatic heterocycles. The lowest BCUT2D eigenvalue weighted by Crippen LogP contribution is -2.18. The third-order valence-electron chi connectivity index (χ3n) is 2.58. The molecule has 0 aliphatic carbocycles. The van der Waals surface area contributed by atoms with Crippen LogP contribution < -0.4 is 10.1 Å². The molecule has 0 unspecified atom stereocenters. The van der Waals surface area contributed by atoms with E-state index in [0.717, 1.165) is 23.4 Å². The lowest BCUT2D eigenvalue weighted by molar-refractivity contribution is -0.116. The Balaban J connectivity index is 2.02. The van der Waals surface area contributed by atoms with Gasteiger partial charge in [-0.2, -0.15) is 0 Å². The fourth-order valence-electron chi connectivity index (χ4n) is 1.72. The molecule has 1 N–H and O–H groups in total. The summed E-state index contributed by atoms with van der Waals surface area (Å²) < 4.78 is 5.51. The van der Waals surface area contributed by atoms with Crippen LogP contribution in [0.15, 0.2) is 30.4 Å². The molecule has 1 heterocycles. The van der Waals surface area contributed by atoms with Crippen LogP contribution in [0.2, 0.25) is 0 Å². The molecule has 0 saturated carbocycles. The summed E-state index contributed by atoms with van der Waals surface area (Å²) in [6.45, 7) is 0.486. The van der Waals surface area contributed by atoms with Crippen LogP contribution in [0.25, 0.3) is 0 Å². The largest absolute Gasteiger partial charge is 0.489 e. The van der Waals surface area contributed by atoms with Gasteiger partial charge in [0.2, 0.25) is 5.91 Å². The van der Waals surface area contributed by atoms with Crippen LogP contribution in [0.5, 0.6) is 5.75 Å². The number of allylic oxidation sites excluding steroid dienone is 1. The molecule has 1 aromatic carbocycles. The SMILES string of the molecule is O=C1CCc2ccc(OC/C=C/CCl)cc2N1. The van der Waals surface area contributed by atoms with Crippen molar-refractivity contribution in [1.29, 1.82) is 0 Å². The number of benzene rings is 1. The summed E-state index contributed by atoms with van der Waals surface area (Å²) in [6.07, 6.45) is 5.06. The van der Waals surface area contributed by atoms with Gasteiger partial charge in [0.25, 0.3) is 0 Å². The highest BCUT2D eigenvalue weighted by Gasteiger charge is 2.14. The van der Waals surface area contributed by atoms with Gasteiger partial charge in [0.1, 0.15) is 12.4 Å². The monoisotopic (exact) mass is 251 g/mol.